The Morgan fingerprint density at radius 3 is 2.44 bits per heavy atom. The van der Waals surface area contributed by atoms with Gasteiger partial charge < -0.3 is 4.74 Å². The second-order valence-corrected chi connectivity index (χ2v) is 6.17. The molecule has 0 N–H and O–H groups in total. The molecule has 2 rings (SSSR count). The molecule has 0 aliphatic carbocycles. The van der Waals surface area contributed by atoms with Crippen molar-refractivity contribution >= 4 is 5.78 Å². The van der Waals surface area contributed by atoms with Crippen LogP contribution in [0.4, 0.5) is 8.78 Å². The van der Waals surface area contributed by atoms with Gasteiger partial charge in [0.2, 0.25) is 0 Å². The Morgan fingerprint density at radius 1 is 1.08 bits per heavy atom. The first-order chi connectivity index (χ1) is 12.0. The molecule has 0 fully saturated rings. The molecule has 0 aliphatic rings. The van der Waals surface area contributed by atoms with Crippen LogP contribution in [0.1, 0.15) is 55.5 Å². The fourth-order valence-corrected chi connectivity index (χ4v) is 2.72. The molecule has 1 atom stereocenters. The Hall–Kier alpha value is -2.23. The van der Waals surface area contributed by atoms with E-state index in [1.165, 1.54) is 0 Å². The maximum atomic E-state index is 13.5. The van der Waals surface area contributed by atoms with Crippen molar-refractivity contribution in [3.63, 3.8) is 0 Å². The van der Waals surface area contributed by atoms with Gasteiger partial charge in [-0.15, -0.1) is 0 Å². The van der Waals surface area contributed by atoms with E-state index in [2.05, 4.69) is 6.92 Å². The number of rotatable bonds is 9. The summed E-state index contributed by atoms with van der Waals surface area (Å²) in [5.41, 5.74) is 1.48. The van der Waals surface area contributed by atoms with Crippen LogP contribution in [0.15, 0.2) is 42.5 Å². The molecule has 0 amide bonds. The highest BCUT2D eigenvalue weighted by molar-refractivity contribution is 5.97. The van der Waals surface area contributed by atoms with E-state index in [0.29, 0.717) is 5.56 Å². The van der Waals surface area contributed by atoms with Gasteiger partial charge in [0.05, 0.1) is 0 Å². The number of unbranched alkanes of at least 4 members (excludes halogenated alkanes) is 1. The van der Waals surface area contributed by atoms with Crippen LogP contribution in [-0.4, -0.2) is 5.78 Å². The zero-order chi connectivity index (χ0) is 18.2. The Kier molecular flexibility index (Phi) is 7.11. The topological polar surface area (TPSA) is 26.3 Å². The van der Waals surface area contributed by atoms with E-state index in [9.17, 15) is 13.6 Å². The molecule has 0 aliphatic heterocycles. The lowest BCUT2D eigenvalue weighted by molar-refractivity contribution is 0.0908. The lowest BCUT2D eigenvalue weighted by Gasteiger charge is -2.13. The van der Waals surface area contributed by atoms with E-state index < -0.39 is 11.6 Å². The summed E-state index contributed by atoms with van der Waals surface area (Å²) in [5, 5.41) is 0. The summed E-state index contributed by atoms with van der Waals surface area (Å²) in [7, 11) is 0. The molecule has 2 nitrogen and oxygen atoms in total. The SMILES string of the molecule is CCCCC(CC)C(=O)c1ccc(COc2cc(F)ccc2F)cc1. The van der Waals surface area contributed by atoms with E-state index in [-0.39, 0.29) is 24.1 Å². The van der Waals surface area contributed by atoms with Gasteiger partial charge in [-0.2, -0.15) is 0 Å². The largest absolute Gasteiger partial charge is 0.486 e. The average molecular weight is 346 g/mol. The second-order valence-electron chi connectivity index (χ2n) is 6.17. The van der Waals surface area contributed by atoms with E-state index in [4.69, 9.17) is 4.74 Å². The maximum Gasteiger partial charge on any atom is 0.165 e. The van der Waals surface area contributed by atoms with Crippen molar-refractivity contribution in [2.24, 2.45) is 5.92 Å². The minimum atomic E-state index is -0.602. The van der Waals surface area contributed by atoms with Crippen LogP contribution in [0.5, 0.6) is 5.75 Å². The van der Waals surface area contributed by atoms with Gasteiger partial charge in [0, 0.05) is 17.5 Å². The minimum absolute atomic E-state index is 0.0587. The molecular weight excluding hydrogens is 322 g/mol. The van der Waals surface area contributed by atoms with Crippen molar-refractivity contribution in [1.82, 2.24) is 0 Å². The number of benzene rings is 2. The molecule has 2 aromatic rings. The van der Waals surface area contributed by atoms with Crippen LogP contribution >= 0.6 is 0 Å². The fraction of sp³-hybridized carbons (Fsp3) is 0.381. The number of hydrogen-bond acceptors (Lipinski definition) is 2. The van der Waals surface area contributed by atoms with Crippen molar-refractivity contribution in [3.05, 3.63) is 65.2 Å². The van der Waals surface area contributed by atoms with E-state index in [0.717, 1.165) is 49.4 Å². The Balaban J connectivity index is 1.99. The Morgan fingerprint density at radius 2 is 1.80 bits per heavy atom. The van der Waals surface area contributed by atoms with Gasteiger partial charge in [-0.1, -0.05) is 51.0 Å². The third-order valence-corrected chi connectivity index (χ3v) is 4.30. The fourth-order valence-electron chi connectivity index (χ4n) is 2.72. The highest BCUT2D eigenvalue weighted by Gasteiger charge is 2.17. The number of Topliss-reactive ketones (excluding diaryl/α,β-unsaturated/α-hetero) is 1. The van der Waals surface area contributed by atoms with Crippen molar-refractivity contribution in [3.8, 4) is 5.75 Å². The third kappa shape index (κ3) is 5.38. The molecule has 0 spiro atoms. The van der Waals surface area contributed by atoms with Gasteiger partial charge in [0.25, 0.3) is 0 Å². The summed E-state index contributed by atoms with van der Waals surface area (Å²) in [5.74, 6) is -1.04. The highest BCUT2D eigenvalue weighted by atomic mass is 19.1. The smallest absolute Gasteiger partial charge is 0.165 e. The Labute approximate surface area is 147 Å². The van der Waals surface area contributed by atoms with Crippen LogP contribution in [0.2, 0.25) is 0 Å². The molecule has 1 unspecified atom stereocenters. The lowest BCUT2D eigenvalue weighted by Crippen LogP contribution is -2.14. The number of hydrogen-bond donors (Lipinski definition) is 0. The molecular formula is C21H24F2O2. The zero-order valence-corrected chi connectivity index (χ0v) is 14.7. The Bertz CT molecular complexity index is 696. The maximum absolute atomic E-state index is 13.5. The van der Waals surface area contributed by atoms with Gasteiger partial charge in [-0.3, -0.25) is 4.79 Å². The first kappa shape index (κ1) is 19.1. The molecule has 134 valence electrons. The van der Waals surface area contributed by atoms with E-state index in [1.54, 1.807) is 24.3 Å². The summed E-state index contributed by atoms with van der Waals surface area (Å²) in [6.45, 7) is 4.27. The van der Waals surface area contributed by atoms with E-state index in [1.807, 2.05) is 6.92 Å². The first-order valence-electron chi connectivity index (χ1n) is 8.76. The minimum Gasteiger partial charge on any atom is -0.486 e. The van der Waals surface area contributed by atoms with Crippen molar-refractivity contribution < 1.29 is 18.3 Å². The highest BCUT2D eigenvalue weighted by Crippen LogP contribution is 2.21. The van der Waals surface area contributed by atoms with Crippen molar-refractivity contribution in [2.75, 3.05) is 0 Å². The summed E-state index contributed by atoms with van der Waals surface area (Å²) >= 11 is 0. The van der Waals surface area contributed by atoms with Gasteiger partial charge in [-0.25, -0.2) is 8.78 Å². The zero-order valence-electron chi connectivity index (χ0n) is 14.7. The third-order valence-electron chi connectivity index (χ3n) is 4.30. The van der Waals surface area contributed by atoms with Crippen LogP contribution in [-0.2, 0) is 6.61 Å². The monoisotopic (exact) mass is 346 g/mol. The summed E-state index contributed by atoms with van der Waals surface area (Å²) in [6.07, 6.45) is 3.88. The quantitative estimate of drug-likeness (QED) is 0.525. The number of carbonyl (C=O) groups is 1. The van der Waals surface area contributed by atoms with E-state index >= 15 is 0 Å². The van der Waals surface area contributed by atoms with Crippen LogP contribution < -0.4 is 4.74 Å². The second kappa shape index (κ2) is 9.30. The molecule has 0 saturated carbocycles. The molecule has 2 aromatic carbocycles. The summed E-state index contributed by atoms with van der Waals surface area (Å²) in [4.78, 5) is 12.5. The summed E-state index contributed by atoms with van der Waals surface area (Å²) < 4.78 is 32.0. The van der Waals surface area contributed by atoms with Crippen LogP contribution in [0.25, 0.3) is 0 Å². The van der Waals surface area contributed by atoms with Crippen molar-refractivity contribution in [1.29, 1.82) is 0 Å². The predicted octanol–water partition coefficient (Wildman–Crippen LogP) is 5.94. The van der Waals surface area contributed by atoms with Gasteiger partial charge in [0.1, 0.15) is 12.4 Å². The molecule has 0 heterocycles. The lowest BCUT2D eigenvalue weighted by atomic mass is 9.90. The predicted molar refractivity (Wildman–Crippen MR) is 94.8 cm³/mol. The van der Waals surface area contributed by atoms with Crippen LogP contribution in [0, 0.1) is 17.6 Å². The number of carbonyl (C=O) groups excluding carboxylic acids is 1. The molecule has 0 bridgehead atoms. The number of halogens is 2. The van der Waals surface area contributed by atoms with Crippen LogP contribution in [0.3, 0.4) is 0 Å². The van der Waals surface area contributed by atoms with Gasteiger partial charge >= 0.3 is 0 Å². The normalized spacial score (nSPS) is 12.0. The molecule has 25 heavy (non-hydrogen) atoms. The first-order valence-corrected chi connectivity index (χ1v) is 8.76. The standard InChI is InChI=1S/C21H24F2O2/c1-3-5-6-16(4-2)21(24)17-9-7-15(8-10-17)14-25-20-13-18(22)11-12-19(20)23/h7-13,16H,3-6,14H2,1-2H3. The molecule has 0 aromatic heterocycles. The van der Waals surface area contributed by atoms with Gasteiger partial charge in [-0.05, 0) is 30.5 Å². The number of ether oxygens (including phenoxy) is 1. The summed E-state index contributed by atoms with van der Waals surface area (Å²) in [6, 6.07) is 10.2. The van der Waals surface area contributed by atoms with Crippen molar-refractivity contribution in [2.45, 2.75) is 46.1 Å². The average Bonchev–Trinajstić information content (AvgIpc) is 2.63. The molecule has 4 heteroatoms. The van der Waals surface area contributed by atoms with Gasteiger partial charge in [0.15, 0.2) is 17.3 Å². The number of ketones is 1. The molecule has 0 radical (unpaired) electrons. The molecule has 0 saturated heterocycles.